The van der Waals surface area contributed by atoms with Gasteiger partial charge in [-0.05, 0) is 44.7 Å². The second-order valence-electron chi connectivity index (χ2n) is 6.78. The zero-order valence-corrected chi connectivity index (χ0v) is 16.0. The van der Waals surface area contributed by atoms with Crippen molar-refractivity contribution in [1.82, 2.24) is 9.72 Å². The average molecular weight is 405 g/mol. The third-order valence-corrected chi connectivity index (χ3v) is 5.40. The summed E-state index contributed by atoms with van der Waals surface area (Å²) in [4.78, 5) is 0. The van der Waals surface area contributed by atoms with Gasteiger partial charge in [0.05, 0.1) is 22.0 Å². The van der Waals surface area contributed by atoms with Crippen LogP contribution in [-0.2, 0) is 12.8 Å². The van der Waals surface area contributed by atoms with E-state index in [2.05, 4.69) is 10.3 Å². The number of fused-ring (bicyclic) bond motifs is 1. The molecule has 0 aliphatic heterocycles. The van der Waals surface area contributed by atoms with E-state index in [0.29, 0.717) is 41.1 Å². The monoisotopic (exact) mass is 404 g/mol. The van der Waals surface area contributed by atoms with Crippen molar-refractivity contribution in [2.24, 2.45) is 10.9 Å². The van der Waals surface area contributed by atoms with Crippen LogP contribution in [0.15, 0.2) is 21.8 Å². The van der Waals surface area contributed by atoms with E-state index in [4.69, 9.17) is 21.9 Å². The van der Waals surface area contributed by atoms with Crippen LogP contribution in [0.2, 0.25) is 5.02 Å². The maximum absolute atomic E-state index is 15.0. The lowest BCUT2D eigenvalue weighted by atomic mass is 9.95. The second-order valence-corrected chi connectivity index (χ2v) is 7.19. The van der Waals surface area contributed by atoms with Crippen molar-refractivity contribution in [3.8, 4) is 28.1 Å². The van der Waals surface area contributed by atoms with Gasteiger partial charge < -0.3 is 20.6 Å². The summed E-state index contributed by atoms with van der Waals surface area (Å²) in [5, 5.41) is 26.3. The lowest BCUT2D eigenvalue weighted by Crippen LogP contribution is -2.25. The van der Waals surface area contributed by atoms with Gasteiger partial charge in [0.2, 0.25) is 5.96 Å². The quantitative estimate of drug-likeness (QED) is 0.259. The van der Waals surface area contributed by atoms with Crippen LogP contribution in [0, 0.1) is 19.7 Å². The van der Waals surface area contributed by atoms with E-state index in [-0.39, 0.29) is 22.3 Å². The first kappa shape index (κ1) is 18.4. The Morgan fingerprint density at radius 1 is 1.29 bits per heavy atom. The van der Waals surface area contributed by atoms with Crippen molar-refractivity contribution in [2.75, 3.05) is 0 Å². The van der Waals surface area contributed by atoms with Crippen LogP contribution < -0.4 is 5.73 Å². The SMILES string of the molecule is Cc1noc(C)c1-c1c(-c2c(F)cc(O)cc2Cl)c2c(n1C(N)=NO)CCC2. The fourth-order valence-corrected chi connectivity index (χ4v) is 4.35. The Kier molecular flexibility index (Phi) is 4.30. The van der Waals surface area contributed by atoms with Gasteiger partial charge in [-0.15, -0.1) is 0 Å². The number of aromatic nitrogens is 2. The molecular weight excluding hydrogens is 387 g/mol. The Labute approximate surface area is 164 Å². The number of nitrogens with two attached hydrogens (primary N) is 1. The molecule has 1 aromatic carbocycles. The molecule has 9 heteroatoms. The maximum Gasteiger partial charge on any atom is 0.242 e. The zero-order chi connectivity index (χ0) is 20.2. The van der Waals surface area contributed by atoms with Crippen LogP contribution in [0.25, 0.3) is 22.4 Å². The van der Waals surface area contributed by atoms with E-state index in [1.807, 2.05) is 0 Å². The number of hydrogen-bond acceptors (Lipinski definition) is 5. The van der Waals surface area contributed by atoms with E-state index < -0.39 is 5.82 Å². The third kappa shape index (κ3) is 2.56. The van der Waals surface area contributed by atoms with Gasteiger partial charge in [-0.3, -0.25) is 4.57 Å². The van der Waals surface area contributed by atoms with Crippen LogP contribution in [0.4, 0.5) is 4.39 Å². The highest BCUT2D eigenvalue weighted by Gasteiger charge is 2.34. The Hall–Kier alpha value is -3.00. The normalized spacial score (nSPS) is 13.9. The van der Waals surface area contributed by atoms with Crippen LogP contribution in [0.5, 0.6) is 5.75 Å². The van der Waals surface area contributed by atoms with Gasteiger partial charge in [-0.1, -0.05) is 21.9 Å². The molecule has 28 heavy (non-hydrogen) atoms. The molecule has 0 spiro atoms. The number of rotatable bonds is 2. The Morgan fingerprint density at radius 3 is 2.64 bits per heavy atom. The second kappa shape index (κ2) is 6.56. The molecule has 7 nitrogen and oxygen atoms in total. The summed E-state index contributed by atoms with van der Waals surface area (Å²) >= 11 is 6.35. The first-order chi connectivity index (χ1) is 13.3. The summed E-state index contributed by atoms with van der Waals surface area (Å²) in [6.45, 7) is 3.50. The molecule has 0 amide bonds. The van der Waals surface area contributed by atoms with Gasteiger partial charge >= 0.3 is 0 Å². The van der Waals surface area contributed by atoms with Gasteiger partial charge in [0.25, 0.3) is 0 Å². The minimum atomic E-state index is -0.663. The van der Waals surface area contributed by atoms with Crippen LogP contribution in [0.1, 0.15) is 29.1 Å². The lowest BCUT2D eigenvalue weighted by Gasteiger charge is -2.14. The summed E-state index contributed by atoms with van der Waals surface area (Å²) < 4.78 is 21.9. The molecule has 1 aliphatic rings. The first-order valence-corrected chi connectivity index (χ1v) is 9.08. The molecule has 4 N–H and O–H groups in total. The summed E-state index contributed by atoms with van der Waals surface area (Å²) in [7, 11) is 0. The first-order valence-electron chi connectivity index (χ1n) is 8.71. The Morgan fingerprint density at radius 2 is 2.04 bits per heavy atom. The molecule has 0 radical (unpaired) electrons. The maximum atomic E-state index is 15.0. The predicted octanol–water partition coefficient (Wildman–Crippen LogP) is 3.97. The number of oxime groups is 1. The number of aryl methyl sites for hydroxylation is 2. The average Bonchev–Trinajstić information content (AvgIpc) is 3.29. The Bertz CT molecular complexity index is 1090. The number of phenolic OH excluding ortho intramolecular Hbond substituents is 1. The van der Waals surface area contributed by atoms with Crippen LogP contribution in [0.3, 0.4) is 0 Å². The topological polar surface area (TPSA) is 110 Å². The number of halogens is 2. The van der Waals surface area contributed by atoms with E-state index in [1.165, 1.54) is 6.07 Å². The summed E-state index contributed by atoms with van der Waals surface area (Å²) in [6.07, 6.45) is 2.21. The largest absolute Gasteiger partial charge is 0.508 e. The van der Waals surface area contributed by atoms with E-state index in [1.54, 1.807) is 18.4 Å². The van der Waals surface area contributed by atoms with Gasteiger partial charge in [0.15, 0.2) is 0 Å². The zero-order valence-electron chi connectivity index (χ0n) is 15.3. The fraction of sp³-hybridized carbons (Fsp3) is 0.263. The van der Waals surface area contributed by atoms with Crippen molar-refractivity contribution in [3.63, 3.8) is 0 Å². The standard InChI is InChI=1S/C19H18ClFN4O3/c1-8-15(9(2)28-24-8)18-16(17-12(20)6-10(26)7-13(17)21)11-4-3-5-14(11)25(18)19(22)23-27/h6-7,26-27H,3-5H2,1-2H3,(H2,22,23). The van der Waals surface area contributed by atoms with Crippen molar-refractivity contribution >= 4 is 17.6 Å². The van der Waals surface area contributed by atoms with Crippen molar-refractivity contribution in [2.45, 2.75) is 33.1 Å². The molecule has 2 aromatic heterocycles. The summed E-state index contributed by atoms with van der Waals surface area (Å²) in [6, 6.07) is 2.31. The third-order valence-electron chi connectivity index (χ3n) is 5.10. The molecule has 3 aromatic rings. The smallest absolute Gasteiger partial charge is 0.242 e. The van der Waals surface area contributed by atoms with Crippen molar-refractivity contribution < 1.29 is 19.2 Å². The summed E-state index contributed by atoms with van der Waals surface area (Å²) in [5.41, 5.74) is 10.1. The minimum absolute atomic E-state index is 0.0665. The van der Waals surface area contributed by atoms with Gasteiger partial charge in [-0.2, -0.15) is 0 Å². The summed E-state index contributed by atoms with van der Waals surface area (Å²) in [5.74, 6) is -0.561. The predicted molar refractivity (Wildman–Crippen MR) is 102 cm³/mol. The highest BCUT2D eigenvalue weighted by atomic mass is 35.5. The van der Waals surface area contributed by atoms with E-state index >= 15 is 0 Å². The van der Waals surface area contributed by atoms with Crippen molar-refractivity contribution in [3.05, 3.63) is 45.7 Å². The molecule has 0 saturated carbocycles. The molecule has 0 atom stereocenters. The molecule has 2 heterocycles. The molecular formula is C19H18ClFN4O3. The molecule has 0 bridgehead atoms. The molecule has 0 saturated heterocycles. The van der Waals surface area contributed by atoms with E-state index in [0.717, 1.165) is 23.7 Å². The molecule has 0 unspecified atom stereocenters. The number of benzene rings is 1. The fourth-order valence-electron chi connectivity index (χ4n) is 4.06. The van der Waals surface area contributed by atoms with Crippen molar-refractivity contribution in [1.29, 1.82) is 0 Å². The van der Waals surface area contributed by atoms with Gasteiger partial charge in [-0.25, -0.2) is 4.39 Å². The number of aromatic hydroxyl groups is 1. The molecule has 1 aliphatic carbocycles. The number of phenols is 1. The Balaban J connectivity index is 2.19. The number of hydrogen-bond donors (Lipinski definition) is 3. The molecule has 4 rings (SSSR count). The van der Waals surface area contributed by atoms with Gasteiger partial charge in [0.1, 0.15) is 17.3 Å². The van der Waals surface area contributed by atoms with Crippen LogP contribution >= 0.6 is 11.6 Å². The molecule has 146 valence electrons. The number of nitrogens with zero attached hydrogens (tertiary/aromatic N) is 3. The minimum Gasteiger partial charge on any atom is -0.508 e. The van der Waals surface area contributed by atoms with Gasteiger partial charge in [0, 0.05) is 22.9 Å². The highest BCUT2D eigenvalue weighted by molar-refractivity contribution is 6.33. The molecule has 0 fully saturated rings. The highest BCUT2D eigenvalue weighted by Crippen LogP contribution is 2.47. The van der Waals surface area contributed by atoms with Crippen LogP contribution in [-0.4, -0.2) is 26.0 Å². The van der Waals surface area contributed by atoms with E-state index in [9.17, 15) is 14.7 Å². The lowest BCUT2D eigenvalue weighted by molar-refractivity contribution is 0.316.